The lowest BCUT2D eigenvalue weighted by Gasteiger charge is -2.18. The number of fused-ring (bicyclic) bond motifs is 1. The Bertz CT molecular complexity index is 1050. The fraction of sp³-hybridized carbons (Fsp3) is 0.0500. The number of rotatable bonds is 4. The number of halogens is 1. The van der Waals surface area contributed by atoms with Crippen LogP contribution in [0.1, 0.15) is 27.0 Å². The molecule has 6 heteroatoms. The number of amides is 1. The second kappa shape index (κ2) is 7.01. The number of carbonyl (C=O) groups excluding carboxylic acids is 1. The average Bonchev–Trinajstić information content (AvgIpc) is 3.21. The summed E-state index contributed by atoms with van der Waals surface area (Å²) in [6, 6.07) is 17.0. The van der Waals surface area contributed by atoms with Crippen molar-refractivity contribution in [3.05, 3.63) is 94.2 Å². The fourth-order valence-corrected chi connectivity index (χ4v) is 3.50. The fourth-order valence-electron chi connectivity index (χ4n) is 2.70. The van der Waals surface area contributed by atoms with E-state index in [9.17, 15) is 9.18 Å². The van der Waals surface area contributed by atoms with Crippen LogP contribution in [0.2, 0.25) is 0 Å². The highest BCUT2D eigenvalue weighted by Gasteiger charge is 2.20. The van der Waals surface area contributed by atoms with Crippen molar-refractivity contribution in [2.45, 2.75) is 6.04 Å². The lowest BCUT2D eigenvalue weighted by atomic mass is 10.1. The van der Waals surface area contributed by atoms with E-state index in [0.29, 0.717) is 5.52 Å². The van der Waals surface area contributed by atoms with Crippen LogP contribution >= 0.6 is 11.3 Å². The zero-order chi connectivity index (χ0) is 17.9. The summed E-state index contributed by atoms with van der Waals surface area (Å²) in [6.45, 7) is 0. The third-order valence-corrected chi connectivity index (χ3v) is 4.92. The van der Waals surface area contributed by atoms with Crippen LogP contribution in [-0.2, 0) is 0 Å². The van der Waals surface area contributed by atoms with E-state index >= 15 is 0 Å². The zero-order valence-electron chi connectivity index (χ0n) is 13.6. The van der Waals surface area contributed by atoms with E-state index in [1.54, 1.807) is 12.1 Å². The topological polar surface area (TPSA) is 54.9 Å². The molecular formula is C20H14FN3OS. The van der Waals surface area contributed by atoms with Gasteiger partial charge in [-0.05, 0) is 41.3 Å². The first-order chi connectivity index (χ1) is 12.7. The van der Waals surface area contributed by atoms with Gasteiger partial charge in [0, 0.05) is 4.88 Å². The molecule has 0 aliphatic heterocycles. The molecule has 0 fully saturated rings. The van der Waals surface area contributed by atoms with Gasteiger partial charge in [0.15, 0.2) is 0 Å². The van der Waals surface area contributed by atoms with Crippen molar-refractivity contribution in [1.29, 1.82) is 0 Å². The average molecular weight is 363 g/mol. The lowest BCUT2D eigenvalue weighted by Crippen LogP contribution is -2.29. The van der Waals surface area contributed by atoms with Crippen LogP contribution in [0.15, 0.2) is 72.2 Å². The predicted molar refractivity (Wildman–Crippen MR) is 99.6 cm³/mol. The molecule has 2 heterocycles. The molecule has 0 spiro atoms. The number of hydrogen-bond donors (Lipinski definition) is 1. The Kier molecular flexibility index (Phi) is 4.41. The molecule has 4 nitrogen and oxygen atoms in total. The van der Waals surface area contributed by atoms with Gasteiger partial charge in [0.05, 0.1) is 23.3 Å². The highest BCUT2D eigenvalue weighted by atomic mass is 32.1. The molecule has 4 aromatic rings. The first kappa shape index (κ1) is 16.4. The molecule has 26 heavy (non-hydrogen) atoms. The van der Waals surface area contributed by atoms with Gasteiger partial charge < -0.3 is 5.32 Å². The van der Waals surface area contributed by atoms with Crippen LogP contribution in [0, 0.1) is 5.82 Å². The van der Waals surface area contributed by atoms with Crippen molar-refractivity contribution in [2.75, 3.05) is 0 Å². The summed E-state index contributed by atoms with van der Waals surface area (Å²) in [5, 5.41) is 4.92. The summed E-state index contributed by atoms with van der Waals surface area (Å²) in [5.41, 5.74) is 2.44. The first-order valence-corrected chi connectivity index (χ1v) is 8.90. The predicted octanol–water partition coefficient (Wildman–Crippen LogP) is 4.35. The van der Waals surface area contributed by atoms with Crippen LogP contribution in [0.3, 0.4) is 0 Å². The second-order valence-electron chi connectivity index (χ2n) is 5.72. The van der Waals surface area contributed by atoms with Gasteiger partial charge in [0.1, 0.15) is 11.5 Å². The third-order valence-electron chi connectivity index (χ3n) is 3.99. The largest absolute Gasteiger partial charge is 0.339 e. The van der Waals surface area contributed by atoms with Gasteiger partial charge in [-0.3, -0.25) is 9.78 Å². The molecule has 4 rings (SSSR count). The van der Waals surface area contributed by atoms with Crippen LogP contribution in [0.25, 0.3) is 11.0 Å². The second-order valence-corrected chi connectivity index (χ2v) is 6.70. The van der Waals surface area contributed by atoms with E-state index in [2.05, 4.69) is 15.3 Å². The molecule has 0 bridgehead atoms. The molecule has 2 aromatic heterocycles. The summed E-state index contributed by atoms with van der Waals surface area (Å²) in [5.74, 6) is -0.642. The molecule has 2 aromatic carbocycles. The minimum absolute atomic E-state index is 0.243. The Morgan fingerprint density at radius 3 is 2.50 bits per heavy atom. The molecule has 0 radical (unpaired) electrons. The smallest absolute Gasteiger partial charge is 0.272 e. The molecule has 0 aliphatic rings. The summed E-state index contributed by atoms with van der Waals surface area (Å²) in [6.07, 6.45) is 1.47. The van der Waals surface area contributed by atoms with Crippen molar-refractivity contribution < 1.29 is 9.18 Å². The number of carbonyl (C=O) groups is 1. The Morgan fingerprint density at radius 2 is 1.77 bits per heavy atom. The summed E-state index contributed by atoms with van der Waals surface area (Å²) in [7, 11) is 0. The number of para-hydroxylation sites is 2. The van der Waals surface area contributed by atoms with Gasteiger partial charge in [0.25, 0.3) is 5.91 Å². The van der Waals surface area contributed by atoms with Crippen LogP contribution in [-0.4, -0.2) is 15.9 Å². The van der Waals surface area contributed by atoms with Gasteiger partial charge in [-0.1, -0.05) is 30.3 Å². The minimum atomic E-state index is -0.378. The maximum atomic E-state index is 13.3. The molecule has 1 N–H and O–H groups in total. The van der Waals surface area contributed by atoms with Crippen LogP contribution in [0.4, 0.5) is 4.39 Å². The van der Waals surface area contributed by atoms with Crippen LogP contribution in [0.5, 0.6) is 0 Å². The van der Waals surface area contributed by atoms with Gasteiger partial charge in [-0.25, -0.2) is 9.37 Å². The minimum Gasteiger partial charge on any atom is -0.339 e. The Labute approximate surface area is 153 Å². The van der Waals surface area contributed by atoms with Crippen molar-refractivity contribution in [3.63, 3.8) is 0 Å². The highest BCUT2D eigenvalue weighted by molar-refractivity contribution is 7.10. The molecule has 128 valence electrons. The summed E-state index contributed by atoms with van der Waals surface area (Å²) < 4.78 is 13.3. The van der Waals surface area contributed by atoms with E-state index in [1.165, 1.54) is 29.7 Å². The number of hydrogen-bond acceptors (Lipinski definition) is 4. The number of thiophene rings is 1. The molecule has 0 unspecified atom stereocenters. The van der Waals surface area contributed by atoms with Crippen molar-refractivity contribution in [3.8, 4) is 0 Å². The highest BCUT2D eigenvalue weighted by Crippen LogP contribution is 2.26. The van der Waals surface area contributed by atoms with Gasteiger partial charge in [0.2, 0.25) is 0 Å². The van der Waals surface area contributed by atoms with Gasteiger partial charge >= 0.3 is 0 Å². The van der Waals surface area contributed by atoms with Crippen molar-refractivity contribution in [2.24, 2.45) is 0 Å². The Balaban J connectivity index is 1.66. The SMILES string of the molecule is O=C(N[C@@H](c1ccc(F)cc1)c1cccs1)c1cnc2ccccc2n1. The van der Waals surface area contributed by atoms with E-state index in [0.717, 1.165) is 16.0 Å². The summed E-state index contributed by atoms with van der Waals surface area (Å²) in [4.78, 5) is 22.4. The van der Waals surface area contributed by atoms with E-state index < -0.39 is 0 Å². The monoisotopic (exact) mass is 363 g/mol. The maximum absolute atomic E-state index is 13.3. The number of nitrogens with one attached hydrogen (secondary N) is 1. The lowest BCUT2D eigenvalue weighted by molar-refractivity contribution is 0.0938. The number of aromatic nitrogens is 2. The van der Waals surface area contributed by atoms with Gasteiger partial charge in [-0.15, -0.1) is 11.3 Å². The molecule has 1 amide bonds. The molecule has 0 aliphatic carbocycles. The summed E-state index contributed by atoms with van der Waals surface area (Å²) >= 11 is 1.53. The standard InChI is InChI=1S/C20H14FN3OS/c21-14-9-7-13(8-10-14)19(18-6-3-11-26-18)24-20(25)17-12-22-15-4-1-2-5-16(15)23-17/h1-12,19H,(H,24,25)/t19-/m0/s1. The Hall–Kier alpha value is -3.12. The Morgan fingerprint density at radius 1 is 1.00 bits per heavy atom. The van der Waals surface area contributed by atoms with Crippen LogP contribution < -0.4 is 5.32 Å². The van der Waals surface area contributed by atoms with Gasteiger partial charge in [-0.2, -0.15) is 0 Å². The quantitative estimate of drug-likeness (QED) is 0.586. The molecule has 1 atom stereocenters. The molecule has 0 saturated heterocycles. The van der Waals surface area contributed by atoms with E-state index in [1.807, 2.05) is 41.8 Å². The van der Waals surface area contributed by atoms with Crippen molar-refractivity contribution >= 4 is 28.3 Å². The van der Waals surface area contributed by atoms with Crippen molar-refractivity contribution in [1.82, 2.24) is 15.3 Å². The normalized spacial score (nSPS) is 12.0. The van der Waals surface area contributed by atoms with E-state index in [-0.39, 0.29) is 23.5 Å². The zero-order valence-corrected chi connectivity index (χ0v) is 14.4. The molecule has 0 saturated carbocycles. The number of benzene rings is 2. The van der Waals surface area contributed by atoms with E-state index in [4.69, 9.17) is 0 Å². The number of nitrogens with zero attached hydrogens (tertiary/aromatic N) is 2. The molecular weight excluding hydrogens is 349 g/mol. The maximum Gasteiger partial charge on any atom is 0.272 e. The third kappa shape index (κ3) is 3.32. The first-order valence-electron chi connectivity index (χ1n) is 8.02.